The van der Waals surface area contributed by atoms with Gasteiger partial charge in [0, 0.05) is 130 Å². The summed E-state index contributed by atoms with van der Waals surface area (Å²) in [7, 11) is 11.4. The highest BCUT2D eigenvalue weighted by Crippen LogP contribution is 2.35. The molecule has 0 spiro atoms. The highest BCUT2D eigenvalue weighted by molar-refractivity contribution is 9.11. The molecule has 2 amide bonds. The van der Waals surface area contributed by atoms with Crippen LogP contribution in [0.2, 0.25) is 0 Å². The maximum absolute atomic E-state index is 11.9. The van der Waals surface area contributed by atoms with E-state index >= 15 is 0 Å². The smallest absolute Gasteiger partial charge is 0.285 e. The van der Waals surface area contributed by atoms with Gasteiger partial charge in [-0.25, -0.2) is 29.1 Å². The minimum Gasteiger partial charge on any atom is -0.396 e. The number of anilines is 7. The van der Waals surface area contributed by atoms with Crippen molar-refractivity contribution in [2.24, 2.45) is 49.6 Å². The van der Waals surface area contributed by atoms with Gasteiger partial charge < -0.3 is 67.0 Å². The van der Waals surface area contributed by atoms with E-state index in [1.807, 2.05) is 156 Å². The molecule has 656 valence electrons. The largest absolute Gasteiger partial charge is 0.396 e. The van der Waals surface area contributed by atoms with Crippen molar-refractivity contribution in [3.8, 4) is 0 Å². The van der Waals surface area contributed by atoms with Crippen LogP contribution in [0.25, 0.3) is 22.6 Å². The lowest BCUT2D eigenvalue weighted by molar-refractivity contribution is -0.675. The fraction of sp³-hybridized carbons (Fsp3) is 0.466. The summed E-state index contributed by atoms with van der Waals surface area (Å²) in [5.74, 6) is 6.23. The van der Waals surface area contributed by atoms with Crippen LogP contribution >= 0.6 is 63.7 Å². The van der Waals surface area contributed by atoms with E-state index in [1.54, 1.807) is 40.1 Å². The maximum atomic E-state index is 11.9. The second-order valence-corrected chi connectivity index (χ2v) is 35.6. The highest BCUT2D eigenvalue weighted by Gasteiger charge is 2.28. The second-order valence-electron chi connectivity index (χ2n) is 32.2. The summed E-state index contributed by atoms with van der Waals surface area (Å²) in [5, 5.41) is 76.1. The first-order valence-corrected chi connectivity index (χ1v) is 44.1. The first-order chi connectivity index (χ1) is 57.8. The Kier molecular flexibility index (Phi) is 37.2. The molecule has 122 heavy (non-hydrogen) atoms. The molecule has 1 aliphatic heterocycles. The van der Waals surface area contributed by atoms with Crippen LogP contribution in [0.3, 0.4) is 0 Å². The highest BCUT2D eigenvalue weighted by atomic mass is 79.9. The Hall–Kier alpha value is -9.23. The molecule has 1 saturated heterocycles. The molecule has 2 aromatic carbocycles. The molecule has 1 saturated carbocycles. The minimum absolute atomic E-state index is 0. The van der Waals surface area contributed by atoms with Gasteiger partial charge in [0.05, 0.1) is 74.6 Å². The standard InChI is InChI=1S/2C23H31BrN6O2.C21H27BrN5O.C19H25BrN7O.2CH4/c2*1-15(2)17(14-31)9-19-10-21(30-23(28-19)20(24)12-26-30)25-11-16-5-7-18(8-6-16)27-22(32)13-29(3)4;1-26-8-4-5-15(13-26)11-23-20-10-18(25-21-19(22)12-24-27(20)21)9-16-6-2-3-7-17(16)14-28;1-25-12-14(9-21-13-25)10-22-17-8-18(24-19-16(20)11-23-27(17)19)26-6-3-2-4-15(26)5-7-28;;/h2*5-8,10,12,15,17,25,31H,9,11,13-14H2,1-4H3,(H,27,32);4-5,8,10,12-13,16-17,23,28H,2-3,6-7,9,11,14H2,1H3;8-9,11-13,15,22,28H,2-7,10H2,1H3;2*1H4/q;;2*+1;;/t2*17-;16-,17+;15-;;/m1011../s1. The van der Waals surface area contributed by atoms with Crippen molar-refractivity contribution in [3.63, 3.8) is 0 Å². The normalized spacial score (nSPS) is 15.1. The van der Waals surface area contributed by atoms with E-state index in [9.17, 15) is 30.0 Å². The van der Waals surface area contributed by atoms with Crippen LogP contribution < -0.4 is 45.9 Å². The Labute approximate surface area is 749 Å². The molecule has 0 bridgehead atoms. The molecule has 2 aliphatic rings. The van der Waals surface area contributed by atoms with Crippen LogP contribution in [0.5, 0.6) is 0 Å². The van der Waals surface area contributed by atoms with Crippen molar-refractivity contribution in [2.45, 2.75) is 145 Å². The summed E-state index contributed by atoms with van der Waals surface area (Å²) in [6, 6.07) is 28.2. The van der Waals surface area contributed by atoms with Crippen molar-refractivity contribution >= 4 is 139 Å². The molecule has 12 aromatic rings. The van der Waals surface area contributed by atoms with Crippen LogP contribution in [0.4, 0.5) is 40.5 Å². The number of nitrogens with zero attached hydrogens (tertiary/aromatic N) is 18. The molecule has 1 aliphatic carbocycles. The van der Waals surface area contributed by atoms with Crippen LogP contribution in [-0.4, -0.2) is 186 Å². The number of aromatic nitrogens is 15. The van der Waals surface area contributed by atoms with E-state index in [0.29, 0.717) is 81.8 Å². The van der Waals surface area contributed by atoms with Crippen molar-refractivity contribution < 1.29 is 39.1 Å². The Morgan fingerprint density at radius 2 is 0.926 bits per heavy atom. The van der Waals surface area contributed by atoms with E-state index in [0.717, 1.165) is 153 Å². The quantitative estimate of drug-likeness (QED) is 0.0175. The number of carbonyl (C=O) groups excluding carboxylic acids is 2. The minimum atomic E-state index is -0.0422. The molecule has 14 rings (SSSR count). The molecule has 34 heteroatoms. The molecular formula is C88H122Br4N24O6+2. The average molecular weight is 1930 g/mol. The zero-order chi connectivity index (χ0) is 85.5. The van der Waals surface area contributed by atoms with Crippen molar-refractivity contribution in [2.75, 3.05) is 111 Å². The number of likely N-dealkylation sites (N-methyl/N-ethyl adjacent to an activating group) is 2. The first-order valence-electron chi connectivity index (χ1n) is 40.9. The van der Waals surface area contributed by atoms with E-state index in [1.165, 1.54) is 31.2 Å². The number of carbonyl (C=O) groups is 2. The van der Waals surface area contributed by atoms with Gasteiger partial charge in [-0.05, 0) is 227 Å². The van der Waals surface area contributed by atoms with Crippen LogP contribution in [0, 0.1) is 35.5 Å². The Balaban J connectivity index is 0.000000184. The third kappa shape index (κ3) is 27.1. The van der Waals surface area contributed by atoms with Crippen molar-refractivity contribution in [1.82, 2.24) is 73.2 Å². The van der Waals surface area contributed by atoms with Crippen molar-refractivity contribution in [1.29, 1.82) is 0 Å². The summed E-state index contributed by atoms with van der Waals surface area (Å²) in [4.78, 5) is 53.2. The van der Waals surface area contributed by atoms with Gasteiger partial charge in [-0.15, -0.1) is 0 Å². The molecule has 0 unspecified atom stereocenters. The fourth-order valence-electron chi connectivity index (χ4n) is 14.8. The summed E-state index contributed by atoms with van der Waals surface area (Å²) in [6.45, 7) is 13.4. The van der Waals surface area contributed by atoms with Crippen LogP contribution in [0.15, 0.2) is 159 Å². The van der Waals surface area contributed by atoms with Crippen molar-refractivity contribution in [3.05, 3.63) is 198 Å². The lowest BCUT2D eigenvalue weighted by Gasteiger charge is -2.36. The predicted octanol–water partition coefficient (Wildman–Crippen LogP) is 13.4. The SMILES string of the molecule is C.C.CC(C)[C@@H](CO)Cc1cc(NCc2ccc(NC(=O)CN(C)C)cc2)n2ncc(Br)c2n1.CC(C)[C@H](CO)Cc1cc(NCc2ccc(NC(=O)CN(C)C)cc2)n2ncc(Br)c2n1.C[n+]1cccc(CNc2cc(C[C@H]3CCCC[C@H]3CO)nc3c(Br)cnn23)c1.C[n+]1cncc(CNc2cc(N3CCCC[C@@H]3CCO)nc3c(Br)cnn23)c1. The van der Waals surface area contributed by atoms with E-state index in [-0.39, 0.29) is 64.9 Å². The molecule has 2 fully saturated rings. The van der Waals surface area contributed by atoms with Gasteiger partial charge in [0.2, 0.25) is 11.8 Å². The van der Waals surface area contributed by atoms with Gasteiger partial charge in [0.1, 0.15) is 42.3 Å². The summed E-state index contributed by atoms with van der Waals surface area (Å²) in [5.41, 5.74) is 11.9. The number of aryl methyl sites for hydroxylation is 2. The molecular weight excluding hydrogens is 1810 g/mol. The lowest BCUT2D eigenvalue weighted by atomic mass is 9.77. The number of pyridine rings is 1. The number of amides is 2. The van der Waals surface area contributed by atoms with E-state index in [4.69, 9.17) is 19.9 Å². The fourth-order valence-corrected chi connectivity index (χ4v) is 16.2. The summed E-state index contributed by atoms with van der Waals surface area (Å²) in [6.07, 6.45) is 28.1. The molecule has 5 atom stereocenters. The van der Waals surface area contributed by atoms with E-state index < -0.39 is 0 Å². The van der Waals surface area contributed by atoms with Gasteiger partial charge in [0.15, 0.2) is 35.0 Å². The number of piperidine rings is 1. The third-order valence-electron chi connectivity index (χ3n) is 21.5. The number of nitrogens with one attached hydrogen (secondary N) is 6. The zero-order valence-corrected chi connectivity index (χ0v) is 76.4. The van der Waals surface area contributed by atoms with Crippen LogP contribution in [0.1, 0.15) is 133 Å². The monoisotopic (exact) mass is 1930 g/mol. The number of rotatable bonds is 32. The molecule has 0 radical (unpaired) electrons. The average Bonchev–Trinajstić information content (AvgIpc) is 1.68. The Morgan fingerprint density at radius 3 is 1.36 bits per heavy atom. The number of hydrogen-bond donors (Lipinski definition) is 10. The first kappa shape index (κ1) is 96.6. The molecule has 10 N–H and O–H groups in total. The molecule has 10 aromatic heterocycles. The summed E-state index contributed by atoms with van der Waals surface area (Å²) >= 11 is 14.2. The van der Waals surface area contributed by atoms with Gasteiger partial charge in [-0.1, -0.05) is 84.6 Å². The third-order valence-corrected chi connectivity index (χ3v) is 23.7. The topological polar surface area (TPSA) is 338 Å². The molecule has 30 nitrogen and oxygen atoms in total. The van der Waals surface area contributed by atoms with Gasteiger partial charge in [0.25, 0.3) is 6.33 Å². The predicted molar refractivity (Wildman–Crippen MR) is 497 cm³/mol. The lowest BCUT2D eigenvalue weighted by Crippen LogP contribution is -2.40. The molecule has 11 heterocycles. The van der Waals surface area contributed by atoms with Crippen LogP contribution in [-0.2, 0) is 69.1 Å². The number of aliphatic hydroxyl groups is 4. The van der Waals surface area contributed by atoms with Gasteiger partial charge >= 0.3 is 0 Å². The summed E-state index contributed by atoms with van der Waals surface area (Å²) < 4.78 is 14.6. The number of benzene rings is 2. The van der Waals surface area contributed by atoms with Gasteiger partial charge in [-0.2, -0.15) is 38.5 Å². The van der Waals surface area contributed by atoms with E-state index in [2.05, 4.69) is 178 Å². The zero-order valence-electron chi connectivity index (χ0n) is 70.0. The maximum Gasteiger partial charge on any atom is 0.285 e. The number of halogens is 4. The second kappa shape index (κ2) is 47.0. The Bertz CT molecular complexity index is 5140. The number of hydrogen-bond acceptors (Lipinski definition) is 22. The number of aliphatic hydroxyl groups excluding tert-OH is 4. The number of fused-ring (bicyclic) bond motifs is 4. The van der Waals surface area contributed by atoms with Gasteiger partial charge in [-0.3, -0.25) is 9.59 Å². The Morgan fingerprint density at radius 1 is 0.508 bits per heavy atom.